The molecule has 6 nitrogen and oxygen atoms in total. The molecule has 4 rings (SSSR count). The van der Waals surface area contributed by atoms with Crippen LogP contribution in [0.4, 0.5) is 10.2 Å². The zero-order chi connectivity index (χ0) is 21.9. The molecule has 2 aromatic carbocycles. The van der Waals surface area contributed by atoms with Crippen LogP contribution >= 0.6 is 22.9 Å². The molecule has 0 saturated carbocycles. The van der Waals surface area contributed by atoms with Crippen LogP contribution in [-0.2, 0) is 16.4 Å². The first-order valence-corrected chi connectivity index (χ1v) is 12.5. The minimum absolute atomic E-state index is 0.0334. The summed E-state index contributed by atoms with van der Waals surface area (Å²) in [6, 6.07) is 12.2. The van der Waals surface area contributed by atoms with Crippen molar-refractivity contribution in [3.05, 3.63) is 69.8 Å². The smallest absolute Gasteiger partial charge is 0.266 e. The van der Waals surface area contributed by atoms with Crippen molar-refractivity contribution in [1.82, 2.24) is 10.3 Å². The normalized spacial score (nSPS) is 18.8. The van der Waals surface area contributed by atoms with E-state index in [0.717, 1.165) is 31.5 Å². The summed E-state index contributed by atoms with van der Waals surface area (Å²) in [6.07, 6.45) is 2.25. The largest absolute Gasteiger partial charge is 0.484 e. The maximum Gasteiger partial charge on any atom is 0.266 e. The highest BCUT2D eigenvalue weighted by Gasteiger charge is 2.37. The van der Waals surface area contributed by atoms with Crippen LogP contribution < -0.4 is 14.8 Å². The fraction of sp³-hybridized carbons (Fsp3) is 0.286. The van der Waals surface area contributed by atoms with Crippen LogP contribution in [0.2, 0.25) is 5.02 Å². The van der Waals surface area contributed by atoms with Gasteiger partial charge in [0.05, 0.1) is 10.5 Å². The van der Waals surface area contributed by atoms with Crippen LogP contribution in [0.1, 0.15) is 18.4 Å². The highest BCUT2D eigenvalue weighted by molar-refractivity contribution is 7.92. The van der Waals surface area contributed by atoms with Gasteiger partial charge in [0.15, 0.2) is 5.82 Å². The lowest BCUT2D eigenvalue weighted by Gasteiger charge is -2.30. The van der Waals surface area contributed by atoms with Crippen molar-refractivity contribution >= 4 is 38.8 Å². The van der Waals surface area contributed by atoms with Crippen molar-refractivity contribution < 1.29 is 17.5 Å². The van der Waals surface area contributed by atoms with Crippen LogP contribution in [0.5, 0.6) is 5.75 Å². The van der Waals surface area contributed by atoms with E-state index in [1.54, 1.807) is 0 Å². The van der Waals surface area contributed by atoms with E-state index in [1.165, 1.54) is 27.8 Å². The summed E-state index contributed by atoms with van der Waals surface area (Å²) in [5.41, 5.74) is 2.11. The van der Waals surface area contributed by atoms with Crippen molar-refractivity contribution in [3.8, 4) is 5.75 Å². The molecule has 0 radical (unpaired) electrons. The Morgan fingerprint density at radius 1 is 1.29 bits per heavy atom. The minimum atomic E-state index is -4.18. The first kappa shape index (κ1) is 22.0. The fourth-order valence-corrected chi connectivity index (χ4v) is 5.48. The standard InChI is InChI=1S/C21H21ClFN3O3S2/c22-16-10-19(31(27,28)26-20-12-30-14-25-20)17(23)11-18(16)29-21(8-9-24-13-21)7-6-15-4-2-1-3-5-15/h1-5,10-12,14,24,26H,6-9,13H2. The van der Waals surface area contributed by atoms with E-state index in [9.17, 15) is 12.8 Å². The molecular weight excluding hydrogens is 461 g/mol. The number of ether oxygens (including phenoxy) is 1. The molecule has 164 valence electrons. The van der Waals surface area contributed by atoms with Crippen LogP contribution in [0.25, 0.3) is 0 Å². The van der Waals surface area contributed by atoms with E-state index in [0.29, 0.717) is 13.0 Å². The van der Waals surface area contributed by atoms with Crippen LogP contribution in [0.3, 0.4) is 0 Å². The highest BCUT2D eigenvalue weighted by Crippen LogP contribution is 2.36. The van der Waals surface area contributed by atoms with E-state index < -0.39 is 26.3 Å². The van der Waals surface area contributed by atoms with Gasteiger partial charge < -0.3 is 10.1 Å². The van der Waals surface area contributed by atoms with E-state index in [-0.39, 0.29) is 16.6 Å². The van der Waals surface area contributed by atoms with Gasteiger partial charge in [-0.05, 0) is 31.0 Å². The zero-order valence-electron chi connectivity index (χ0n) is 16.5. The SMILES string of the molecule is O=S(=O)(Nc1cscn1)c1cc(Cl)c(OC2(CCc3ccccc3)CCNC2)cc1F. The number of nitrogens with zero attached hydrogens (tertiary/aromatic N) is 1. The third kappa shape index (κ3) is 5.17. The van der Waals surface area contributed by atoms with Gasteiger partial charge in [-0.3, -0.25) is 4.72 Å². The Bertz CT molecular complexity index is 1140. The Kier molecular flexibility index (Phi) is 6.47. The second-order valence-corrected chi connectivity index (χ2v) is 10.2. The van der Waals surface area contributed by atoms with Gasteiger partial charge in [0.2, 0.25) is 0 Å². The molecule has 0 amide bonds. The number of rotatable bonds is 8. The van der Waals surface area contributed by atoms with E-state index in [1.807, 2.05) is 18.2 Å². The summed E-state index contributed by atoms with van der Waals surface area (Å²) < 4.78 is 48.4. The summed E-state index contributed by atoms with van der Waals surface area (Å²) in [4.78, 5) is 3.31. The fourth-order valence-electron chi connectivity index (χ4n) is 3.57. The number of hydrogen-bond donors (Lipinski definition) is 2. The molecule has 10 heteroatoms. The number of anilines is 1. The quantitative estimate of drug-likeness (QED) is 0.496. The van der Waals surface area contributed by atoms with Crippen LogP contribution in [0, 0.1) is 5.82 Å². The van der Waals surface area contributed by atoms with Crippen molar-refractivity contribution in [2.75, 3.05) is 17.8 Å². The molecular formula is C21H21ClFN3O3S2. The van der Waals surface area contributed by atoms with E-state index in [2.05, 4.69) is 27.2 Å². The van der Waals surface area contributed by atoms with Gasteiger partial charge in [-0.15, -0.1) is 11.3 Å². The maximum absolute atomic E-state index is 14.8. The van der Waals surface area contributed by atoms with E-state index >= 15 is 0 Å². The molecule has 0 spiro atoms. The molecule has 1 aromatic heterocycles. The lowest BCUT2D eigenvalue weighted by molar-refractivity contribution is 0.0803. The van der Waals surface area contributed by atoms with Gasteiger partial charge in [-0.2, -0.15) is 0 Å². The summed E-state index contributed by atoms with van der Waals surface area (Å²) in [7, 11) is -4.18. The number of nitrogens with one attached hydrogen (secondary N) is 2. The Labute approximate surface area is 189 Å². The Balaban J connectivity index is 1.55. The monoisotopic (exact) mass is 481 g/mol. The third-order valence-electron chi connectivity index (χ3n) is 5.19. The number of benzene rings is 2. The lowest BCUT2D eigenvalue weighted by Crippen LogP contribution is -2.39. The molecule has 1 saturated heterocycles. The zero-order valence-corrected chi connectivity index (χ0v) is 18.9. The van der Waals surface area contributed by atoms with E-state index in [4.69, 9.17) is 16.3 Å². The second kappa shape index (κ2) is 9.12. The number of thiazole rings is 1. The average Bonchev–Trinajstić information content (AvgIpc) is 3.42. The predicted octanol–water partition coefficient (Wildman–Crippen LogP) is 4.48. The molecule has 0 aliphatic carbocycles. The maximum atomic E-state index is 14.8. The van der Waals surface area contributed by atoms with Gasteiger partial charge in [-0.1, -0.05) is 41.9 Å². The molecule has 1 aliphatic rings. The molecule has 1 fully saturated rings. The van der Waals surface area contributed by atoms with Crippen LogP contribution in [0.15, 0.2) is 58.3 Å². The van der Waals surface area contributed by atoms with Gasteiger partial charge in [0, 0.05) is 24.4 Å². The summed E-state index contributed by atoms with van der Waals surface area (Å²) >= 11 is 7.55. The first-order chi connectivity index (χ1) is 14.9. The number of aromatic nitrogens is 1. The van der Waals surface area contributed by atoms with Gasteiger partial charge >= 0.3 is 0 Å². The summed E-state index contributed by atoms with van der Waals surface area (Å²) in [6.45, 7) is 1.38. The molecule has 1 atom stereocenters. The second-order valence-electron chi connectivity index (χ2n) is 7.39. The molecule has 1 unspecified atom stereocenters. The Morgan fingerprint density at radius 3 is 2.77 bits per heavy atom. The summed E-state index contributed by atoms with van der Waals surface area (Å²) in [5, 5.41) is 4.84. The molecule has 2 N–H and O–H groups in total. The third-order valence-corrected chi connectivity index (χ3v) is 7.44. The highest BCUT2D eigenvalue weighted by atomic mass is 35.5. The van der Waals surface area contributed by atoms with Gasteiger partial charge in [0.25, 0.3) is 10.0 Å². The number of halogens is 2. The Morgan fingerprint density at radius 2 is 2.10 bits per heavy atom. The number of sulfonamides is 1. The van der Waals surface area contributed by atoms with Gasteiger partial charge in [0.1, 0.15) is 22.1 Å². The minimum Gasteiger partial charge on any atom is -0.484 e. The Hall–Kier alpha value is -2.20. The average molecular weight is 482 g/mol. The van der Waals surface area contributed by atoms with Crippen molar-refractivity contribution in [3.63, 3.8) is 0 Å². The van der Waals surface area contributed by atoms with Crippen molar-refractivity contribution in [2.45, 2.75) is 29.8 Å². The molecule has 31 heavy (non-hydrogen) atoms. The molecule has 0 bridgehead atoms. The molecule has 1 aliphatic heterocycles. The van der Waals surface area contributed by atoms with Crippen molar-refractivity contribution in [1.29, 1.82) is 0 Å². The topological polar surface area (TPSA) is 80.3 Å². The summed E-state index contributed by atoms with van der Waals surface area (Å²) in [5.74, 6) is -0.687. The predicted molar refractivity (Wildman–Crippen MR) is 120 cm³/mol. The van der Waals surface area contributed by atoms with Gasteiger partial charge in [-0.25, -0.2) is 17.8 Å². The number of hydrogen-bond acceptors (Lipinski definition) is 6. The lowest BCUT2D eigenvalue weighted by atomic mass is 9.93. The number of aryl methyl sites for hydroxylation is 1. The first-order valence-electron chi connectivity index (χ1n) is 9.71. The molecule has 3 aromatic rings. The van der Waals surface area contributed by atoms with Crippen molar-refractivity contribution in [2.24, 2.45) is 0 Å². The molecule has 2 heterocycles. The van der Waals surface area contributed by atoms with Crippen LogP contribution in [-0.4, -0.2) is 32.1 Å².